The van der Waals surface area contributed by atoms with E-state index in [-0.39, 0.29) is 0 Å². The lowest BCUT2D eigenvalue weighted by Gasteiger charge is -2.10. The highest BCUT2D eigenvalue weighted by atomic mass is 35.5. The Labute approximate surface area is 182 Å². The summed E-state index contributed by atoms with van der Waals surface area (Å²) in [7, 11) is 0. The molecule has 0 amide bonds. The van der Waals surface area contributed by atoms with E-state index in [1.165, 1.54) is 5.56 Å². The van der Waals surface area contributed by atoms with Crippen LogP contribution in [0, 0.1) is 6.92 Å². The molecule has 0 unspecified atom stereocenters. The summed E-state index contributed by atoms with van der Waals surface area (Å²) >= 11 is 6.39. The first-order chi connectivity index (χ1) is 14.7. The van der Waals surface area contributed by atoms with Crippen molar-refractivity contribution in [2.75, 3.05) is 6.61 Å². The zero-order valence-corrected chi connectivity index (χ0v) is 18.0. The van der Waals surface area contributed by atoms with Gasteiger partial charge in [0.2, 0.25) is 0 Å². The predicted molar refractivity (Wildman–Crippen MR) is 123 cm³/mol. The predicted octanol–water partition coefficient (Wildman–Crippen LogP) is 6.56. The van der Waals surface area contributed by atoms with Gasteiger partial charge < -0.3 is 4.74 Å². The first-order valence-corrected chi connectivity index (χ1v) is 10.9. The van der Waals surface area contributed by atoms with Crippen LogP contribution in [0.2, 0.25) is 5.02 Å². The fraction of sp³-hybridized carbons (Fsp3) is 0.280. The smallest absolute Gasteiger partial charge is 0.130 e. The van der Waals surface area contributed by atoms with E-state index in [0.29, 0.717) is 0 Å². The molecular weight excluding hydrogens is 394 g/mol. The average Bonchev–Trinajstić information content (AvgIpc) is 3.29. The third-order valence-electron chi connectivity index (χ3n) is 5.20. The summed E-state index contributed by atoms with van der Waals surface area (Å²) < 4.78 is 7.93. The maximum atomic E-state index is 6.39. The van der Waals surface area contributed by atoms with Crippen LogP contribution in [0.4, 0.5) is 0 Å². The summed E-state index contributed by atoms with van der Waals surface area (Å²) in [6, 6.07) is 18.2. The fourth-order valence-corrected chi connectivity index (χ4v) is 3.87. The minimum absolute atomic E-state index is 0.725. The Hall–Kier alpha value is -2.85. The number of aryl methyl sites for hydroxylation is 2. The molecule has 0 radical (unpaired) electrons. The van der Waals surface area contributed by atoms with Crippen molar-refractivity contribution in [1.82, 2.24) is 14.8 Å². The number of hydrogen-bond donors (Lipinski definition) is 0. The number of pyridine rings is 1. The van der Waals surface area contributed by atoms with E-state index < -0.39 is 0 Å². The second-order valence-electron chi connectivity index (χ2n) is 7.52. The first kappa shape index (κ1) is 20.4. The highest BCUT2D eigenvalue weighted by Crippen LogP contribution is 2.26. The van der Waals surface area contributed by atoms with Crippen LogP contribution in [-0.4, -0.2) is 21.4 Å². The van der Waals surface area contributed by atoms with Gasteiger partial charge in [0.1, 0.15) is 5.75 Å². The highest BCUT2D eigenvalue weighted by Gasteiger charge is 2.06. The molecule has 0 bridgehead atoms. The van der Waals surface area contributed by atoms with Gasteiger partial charge in [0.15, 0.2) is 0 Å². The van der Waals surface area contributed by atoms with Crippen LogP contribution in [0.1, 0.15) is 36.9 Å². The van der Waals surface area contributed by atoms with Crippen LogP contribution in [0.25, 0.3) is 16.6 Å². The number of fused-ring (bicyclic) bond motifs is 1. The Morgan fingerprint density at radius 1 is 0.967 bits per heavy atom. The molecule has 0 aliphatic rings. The van der Waals surface area contributed by atoms with Crippen LogP contribution in [-0.2, 0) is 6.42 Å². The molecule has 4 nitrogen and oxygen atoms in total. The van der Waals surface area contributed by atoms with E-state index in [4.69, 9.17) is 16.3 Å². The lowest BCUT2D eigenvalue weighted by atomic mass is 10.1. The standard InChI is InChI=1S/C25H26ClN3O/c1-19-17-25(22-10-5-6-11-24(22)28-19)30-16-7-3-2-4-9-20-18-21(12-13-23(20)26)29-15-8-14-27-29/h5-6,8,10-15,17-18H,2-4,7,9,16H2,1H3. The van der Waals surface area contributed by atoms with Crippen LogP contribution in [0.3, 0.4) is 0 Å². The van der Waals surface area contributed by atoms with E-state index in [9.17, 15) is 0 Å². The van der Waals surface area contributed by atoms with Crippen molar-refractivity contribution in [1.29, 1.82) is 0 Å². The molecule has 0 aliphatic heterocycles. The van der Waals surface area contributed by atoms with E-state index in [0.717, 1.165) is 71.8 Å². The molecule has 0 N–H and O–H groups in total. The van der Waals surface area contributed by atoms with E-state index >= 15 is 0 Å². The number of rotatable bonds is 9. The Morgan fingerprint density at radius 2 is 1.83 bits per heavy atom. The monoisotopic (exact) mass is 419 g/mol. The Bertz CT molecular complexity index is 1110. The van der Waals surface area contributed by atoms with Gasteiger partial charge in [-0.15, -0.1) is 0 Å². The summed E-state index contributed by atoms with van der Waals surface area (Å²) in [5.41, 5.74) is 4.20. The number of nitrogens with zero attached hydrogens (tertiary/aromatic N) is 3. The minimum atomic E-state index is 0.725. The molecule has 0 atom stereocenters. The van der Waals surface area contributed by atoms with Gasteiger partial charge in [0.05, 0.1) is 17.8 Å². The molecule has 0 fully saturated rings. The second-order valence-corrected chi connectivity index (χ2v) is 7.93. The van der Waals surface area contributed by atoms with E-state index in [2.05, 4.69) is 22.2 Å². The summed E-state index contributed by atoms with van der Waals surface area (Å²) in [5, 5.41) is 6.20. The summed E-state index contributed by atoms with van der Waals surface area (Å²) in [6.07, 6.45) is 9.15. The number of aromatic nitrogens is 3. The first-order valence-electron chi connectivity index (χ1n) is 10.5. The Balaban J connectivity index is 1.23. The van der Waals surface area contributed by atoms with Gasteiger partial charge in [-0.25, -0.2) is 4.68 Å². The molecular formula is C25H26ClN3O. The van der Waals surface area contributed by atoms with Crippen molar-refractivity contribution in [3.8, 4) is 11.4 Å². The molecule has 4 aromatic rings. The second kappa shape index (κ2) is 9.77. The Morgan fingerprint density at radius 3 is 2.70 bits per heavy atom. The largest absolute Gasteiger partial charge is 0.493 e. The summed E-state index contributed by atoms with van der Waals surface area (Å²) in [6.45, 7) is 2.73. The lowest BCUT2D eigenvalue weighted by Crippen LogP contribution is -2.00. The number of unbranched alkanes of at least 4 members (excludes halogenated alkanes) is 3. The Kier molecular flexibility index (Phi) is 6.65. The van der Waals surface area contributed by atoms with Gasteiger partial charge in [-0.2, -0.15) is 5.10 Å². The van der Waals surface area contributed by atoms with Crippen LogP contribution < -0.4 is 4.74 Å². The van der Waals surface area contributed by atoms with Crippen molar-refractivity contribution in [3.63, 3.8) is 0 Å². The molecule has 30 heavy (non-hydrogen) atoms. The lowest BCUT2D eigenvalue weighted by molar-refractivity contribution is 0.307. The minimum Gasteiger partial charge on any atom is -0.493 e. The van der Waals surface area contributed by atoms with E-state index in [1.54, 1.807) is 6.20 Å². The average molecular weight is 420 g/mol. The normalized spacial score (nSPS) is 11.1. The molecule has 2 aromatic heterocycles. The van der Waals surface area contributed by atoms with Crippen molar-refractivity contribution in [2.24, 2.45) is 0 Å². The molecule has 0 saturated carbocycles. The van der Waals surface area contributed by atoms with Crippen molar-refractivity contribution in [3.05, 3.63) is 83.3 Å². The molecule has 0 saturated heterocycles. The molecule has 4 rings (SSSR count). The molecule has 154 valence electrons. The van der Waals surface area contributed by atoms with Crippen molar-refractivity contribution >= 4 is 22.5 Å². The molecule has 0 aliphatic carbocycles. The quantitative estimate of drug-likeness (QED) is 0.288. The zero-order chi connectivity index (χ0) is 20.8. The fourth-order valence-electron chi connectivity index (χ4n) is 3.66. The van der Waals surface area contributed by atoms with Gasteiger partial charge >= 0.3 is 0 Å². The summed E-state index contributed by atoms with van der Waals surface area (Å²) in [5.74, 6) is 0.931. The van der Waals surface area contributed by atoms with Crippen LogP contribution in [0.5, 0.6) is 5.75 Å². The van der Waals surface area contributed by atoms with Crippen LogP contribution >= 0.6 is 11.6 Å². The number of halogens is 1. The van der Waals surface area contributed by atoms with Gasteiger partial charge in [-0.3, -0.25) is 4.98 Å². The van der Waals surface area contributed by atoms with Crippen molar-refractivity contribution in [2.45, 2.75) is 39.0 Å². The zero-order valence-electron chi connectivity index (χ0n) is 17.2. The van der Waals surface area contributed by atoms with E-state index in [1.807, 2.05) is 60.3 Å². The summed E-state index contributed by atoms with van der Waals surface area (Å²) in [4.78, 5) is 4.57. The highest BCUT2D eigenvalue weighted by molar-refractivity contribution is 6.31. The SMILES string of the molecule is Cc1cc(OCCCCCCc2cc(-n3cccn3)ccc2Cl)c2ccccc2n1. The number of hydrogen-bond acceptors (Lipinski definition) is 3. The van der Waals surface area contributed by atoms with Crippen LogP contribution in [0.15, 0.2) is 67.0 Å². The molecule has 0 spiro atoms. The molecule has 2 heterocycles. The topological polar surface area (TPSA) is 39.9 Å². The number of para-hydroxylation sites is 1. The van der Waals surface area contributed by atoms with Gasteiger partial charge in [0, 0.05) is 34.6 Å². The maximum Gasteiger partial charge on any atom is 0.130 e. The van der Waals surface area contributed by atoms with Gasteiger partial charge in [-0.1, -0.05) is 36.6 Å². The van der Waals surface area contributed by atoms with Crippen molar-refractivity contribution < 1.29 is 4.74 Å². The third-order valence-corrected chi connectivity index (χ3v) is 5.57. The third kappa shape index (κ3) is 5.00. The number of benzene rings is 2. The van der Waals surface area contributed by atoms with Gasteiger partial charge in [-0.05, 0) is 68.1 Å². The molecule has 2 aromatic carbocycles. The molecule has 5 heteroatoms. The number of ether oxygens (including phenoxy) is 1. The maximum absolute atomic E-state index is 6.39. The van der Waals surface area contributed by atoms with Gasteiger partial charge in [0.25, 0.3) is 0 Å².